The van der Waals surface area contributed by atoms with Gasteiger partial charge in [0.05, 0.1) is 0 Å². The van der Waals surface area contributed by atoms with Crippen LogP contribution in [0.2, 0.25) is 0 Å². The molecular weight excluding hydrogens is 219 g/mol. The molecule has 2 atom stereocenters. The normalized spacial score (nSPS) is 27.8. The summed E-state index contributed by atoms with van der Waals surface area (Å²) in [7, 11) is 0. The molecule has 0 spiro atoms. The van der Waals surface area contributed by atoms with Crippen molar-refractivity contribution in [3.63, 3.8) is 0 Å². The maximum atomic E-state index is 12.7. The zero-order valence-electron chi connectivity index (χ0n) is 9.85. The topological polar surface area (TPSA) is 23.5 Å². The van der Waals surface area contributed by atoms with Crippen molar-refractivity contribution >= 4 is 0 Å². The Bertz CT molecular complexity index is 226. The third-order valence-electron chi connectivity index (χ3n) is 3.41. The lowest BCUT2D eigenvalue weighted by Crippen LogP contribution is -2.54. The number of alkyl halides is 3. The van der Waals surface area contributed by atoms with Crippen LogP contribution in [0.15, 0.2) is 0 Å². The van der Waals surface area contributed by atoms with Crippen LogP contribution in [0.5, 0.6) is 0 Å². The predicted molar refractivity (Wildman–Crippen MR) is 56.1 cm³/mol. The van der Waals surface area contributed by atoms with Crippen LogP contribution in [0, 0.1) is 5.92 Å². The van der Waals surface area contributed by atoms with Crippen LogP contribution >= 0.6 is 0 Å². The molecule has 16 heavy (non-hydrogen) atoms. The summed E-state index contributed by atoms with van der Waals surface area (Å²) in [6.07, 6.45) is -2.42. The van der Waals surface area contributed by atoms with Crippen molar-refractivity contribution in [1.82, 2.24) is 4.90 Å². The van der Waals surface area contributed by atoms with Gasteiger partial charge < -0.3 is 10.0 Å². The number of halogens is 3. The molecule has 96 valence electrons. The minimum atomic E-state index is -4.53. The third kappa shape index (κ3) is 2.88. The van der Waals surface area contributed by atoms with Crippen LogP contribution in [0.3, 0.4) is 0 Å². The van der Waals surface area contributed by atoms with E-state index < -0.39 is 17.7 Å². The summed E-state index contributed by atoms with van der Waals surface area (Å²) in [5.41, 5.74) is -2.56. The highest BCUT2D eigenvalue weighted by Gasteiger charge is 2.55. The molecule has 5 heteroatoms. The minimum Gasteiger partial charge on any atom is -0.380 e. The van der Waals surface area contributed by atoms with Gasteiger partial charge in [0, 0.05) is 12.5 Å². The molecule has 1 heterocycles. The molecular formula is C11H20F3NO. The average Bonchev–Trinajstić information content (AvgIpc) is 2.17. The van der Waals surface area contributed by atoms with Gasteiger partial charge in [0.25, 0.3) is 0 Å². The number of hydrogen-bond acceptors (Lipinski definition) is 2. The Morgan fingerprint density at radius 3 is 2.50 bits per heavy atom. The lowest BCUT2D eigenvalue weighted by Gasteiger charge is -2.41. The molecule has 0 amide bonds. The number of nitrogens with zero attached hydrogens (tertiary/aromatic N) is 1. The molecule has 2 unspecified atom stereocenters. The lowest BCUT2D eigenvalue weighted by molar-refractivity contribution is -0.276. The molecule has 1 aliphatic heterocycles. The molecule has 1 N–H and O–H groups in total. The Morgan fingerprint density at radius 2 is 2.00 bits per heavy atom. The highest BCUT2D eigenvalue weighted by molar-refractivity contribution is 4.92. The van der Waals surface area contributed by atoms with Gasteiger partial charge in [-0.3, -0.25) is 0 Å². The van der Waals surface area contributed by atoms with Gasteiger partial charge in [-0.25, -0.2) is 0 Å². The summed E-state index contributed by atoms with van der Waals surface area (Å²) in [6, 6.07) is 0. The van der Waals surface area contributed by atoms with E-state index in [2.05, 4.69) is 0 Å². The maximum Gasteiger partial charge on any atom is 0.417 e. The second-order valence-electron chi connectivity index (χ2n) is 4.79. The SMILES string of the molecule is CCCN1CCCC(C(C)(O)C(F)(F)F)C1. The van der Waals surface area contributed by atoms with Crippen LogP contribution in [-0.2, 0) is 0 Å². The Hall–Kier alpha value is -0.290. The second kappa shape index (κ2) is 4.92. The van der Waals surface area contributed by atoms with Crippen molar-refractivity contribution in [3.8, 4) is 0 Å². The molecule has 0 radical (unpaired) electrons. The van der Waals surface area contributed by atoms with E-state index in [-0.39, 0.29) is 0 Å². The van der Waals surface area contributed by atoms with Crippen molar-refractivity contribution in [2.24, 2.45) is 5.92 Å². The van der Waals surface area contributed by atoms with Crippen molar-refractivity contribution in [2.45, 2.75) is 44.9 Å². The van der Waals surface area contributed by atoms with Crippen LogP contribution in [-0.4, -0.2) is 41.4 Å². The number of rotatable bonds is 3. The van der Waals surface area contributed by atoms with E-state index in [4.69, 9.17) is 0 Å². The largest absolute Gasteiger partial charge is 0.417 e. The zero-order valence-corrected chi connectivity index (χ0v) is 9.85. The standard InChI is InChI=1S/C11H20F3NO/c1-3-6-15-7-4-5-9(8-15)10(2,16)11(12,13)14/h9,16H,3-8H2,1-2H3. The number of hydrogen-bond donors (Lipinski definition) is 1. The average molecular weight is 239 g/mol. The van der Waals surface area contributed by atoms with Gasteiger partial charge in [0.2, 0.25) is 0 Å². The van der Waals surface area contributed by atoms with Gasteiger partial charge in [0.15, 0.2) is 5.60 Å². The van der Waals surface area contributed by atoms with Gasteiger partial charge >= 0.3 is 6.18 Å². The summed E-state index contributed by atoms with van der Waals surface area (Å²) in [5, 5.41) is 9.61. The molecule has 0 saturated carbocycles. The van der Waals surface area contributed by atoms with E-state index >= 15 is 0 Å². The van der Waals surface area contributed by atoms with E-state index in [1.807, 2.05) is 11.8 Å². The molecule has 0 aliphatic carbocycles. The lowest BCUT2D eigenvalue weighted by atomic mass is 9.82. The predicted octanol–water partition coefficient (Wildman–Crippen LogP) is 2.42. The fraction of sp³-hybridized carbons (Fsp3) is 1.00. The van der Waals surface area contributed by atoms with Crippen LogP contribution < -0.4 is 0 Å². The summed E-state index contributed by atoms with van der Waals surface area (Å²) >= 11 is 0. The highest BCUT2D eigenvalue weighted by atomic mass is 19.4. The Kier molecular flexibility index (Phi) is 4.23. The van der Waals surface area contributed by atoms with Crippen LogP contribution in [0.4, 0.5) is 13.2 Å². The Labute approximate surface area is 94.4 Å². The Morgan fingerprint density at radius 1 is 1.38 bits per heavy atom. The van der Waals surface area contributed by atoms with Crippen molar-refractivity contribution in [1.29, 1.82) is 0 Å². The van der Waals surface area contributed by atoms with Crippen molar-refractivity contribution < 1.29 is 18.3 Å². The van der Waals surface area contributed by atoms with E-state index in [9.17, 15) is 18.3 Å². The van der Waals surface area contributed by atoms with E-state index in [0.29, 0.717) is 13.0 Å². The van der Waals surface area contributed by atoms with Crippen molar-refractivity contribution in [2.75, 3.05) is 19.6 Å². The van der Waals surface area contributed by atoms with Crippen LogP contribution in [0.25, 0.3) is 0 Å². The highest BCUT2D eigenvalue weighted by Crippen LogP contribution is 2.39. The minimum absolute atomic E-state index is 0.348. The number of aliphatic hydroxyl groups is 1. The molecule has 2 nitrogen and oxygen atoms in total. The van der Waals surface area contributed by atoms with Gasteiger partial charge in [-0.15, -0.1) is 0 Å². The molecule has 0 aromatic heterocycles. The first kappa shape index (κ1) is 13.8. The molecule has 1 rings (SSSR count). The monoisotopic (exact) mass is 239 g/mol. The number of likely N-dealkylation sites (tertiary alicyclic amines) is 1. The van der Waals surface area contributed by atoms with E-state index in [1.165, 1.54) is 0 Å². The fourth-order valence-electron chi connectivity index (χ4n) is 2.27. The second-order valence-corrected chi connectivity index (χ2v) is 4.79. The summed E-state index contributed by atoms with van der Waals surface area (Å²) in [4.78, 5) is 2.01. The van der Waals surface area contributed by atoms with Crippen LogP contribution in [0.1, 0.15) is 33.1 Å². The van der Waals surface area contributed by atoms with E-state index in [0.717, 1.165) is 32.9 Å². The first-order valence-electron chi connectivity index (χ1n) is 5.80. The van der Waals surface area contributed by atoms with Gasteiger partial charge in [-0.05, 0) is 39.3 Å². The quantitative estimate of drug-likeness (QED) is 0.817. The molecule has 1 aliphatic rings. The summed E-state index contributed by atoms with van der Waals surface area (Å²) in [5.74, 6) is -0.701. The third-order valence-corrected chi connectivity index (χ3v) is 3.41. The van der Waals surface area contributed by atoms with E-state index in [1.54, 1.807) is 0 Å². The molecule has 1 saturated heterocycles. The summed E-state index contributed by atoms with van der Waals surface area (Å²) < 4.78 is 38.0. The first-order chi connectivity index (χ1) is 7.29. The fourth-order valence-corrected chi connectivity index (χ4v) is 2.27. The maximum absolute atomic E-state index is 12.7. The smallest absolute Gasteiger partial charge is 0.380 e. The molecule has 1 fully saturated rings. The molecule has 0 bridgehead atoms. The molecule has 0 aromatic carbocycles. The Balaban J connectivity index is 2.66. The van der Waals surface area contributed by atoms with Crippen molar-refractivity contribution in [3.05, 3.63) is 0 Å². The first-order valence-corrected chi connectivity index (χ1v) is 5.80. The van der Waals surface area contributed by atoms with Gasteiger partial charge in [-0.2, -0.15) is 13.2 Å². The van der Waals surface area contributed by atoms with Gasteiger partial charge in [0.1, 0.15) is 0 Å². The number of piperidine rings is 1. The molecule has 0 aromatic rings. The van der Waals surface area contributed by atoms with Gasteiger partial charge in [-0.1, -0.05) is 6.92 Å². The summed E-state index contributed by atoms with van der Waals surface area (Å²) in [6.45, 7) is 4.90. The zero-order chi connectivity index (χ0) is 12.4.